The topological polar surface area (TPSA) is 214 Å². The second-order valence-corrected chi connectivity index (χ2v) is 18.3. The Hall–Kier alpha value is 0.420. The van der Waals surface area contributed by atoms with Gasteiger partial charge in [-0.3, -0.25) is 9.59 Å². The van der Waals surface area contributed by atoms with Crippen molar-refractivity contribution in [3.8, 4) is 0 Å². The Morgan fingerprint density at radius 2 is 1.50 bits per heavy atom. The molecule has 1 aliphatic heterocycles. The van der Waals surface area contributed by atoms with Crippen LogP contribution < -0.4 is 98.8 Å². The third-order valence-corrected chi connectivity index (χ3v) is 13.0. The van der Waals surface area contributed by atoms with E-state index in [9.17, 15) is 44.2 Å². The van der Waals surface area contributed by atoms with Crippen molar-refractivity contribution in [1.29, 1.82) is 0 Å². The average molecular weight is 854 g/mol. The Labute approximate surface area is 390 Å². The zero-order chi connectivity index (χ0) is 37.8. The number of rotatable bonds is 18. The molecule has 2 unspecified atom stereocenters. The molecule has 0 spiro atoms. The van der Waals surface area contributed by atoms with Gasteiger partial charge in [0, 0.05) is 39.4 Å². The Morgan fingerprint density at radius 3 is 2.07 bits per heavy atom. The Morgan fingerprint density at radius 1 is 0.852 bits per heavy atom. The summed E-state index contributed by atoms with van der Waals surface area (Å²) in [5.74, 6) is -0.877. The maximum Gasteiger partial charge on any atom is 1.00 e. The van der Waals surface area contributed by atoms with Crippen LogP contribution >= 0.6 is 12.0 Å². The van der Waals surface area contributed by atoms with Crippen LogP contribution in [-0.2, 0) is 50.6 Å². The predicted molar refractivity (Wildman–Crippen MR) is 190 cm³/mol. The van der Waals surface area contributed by atoms with Crippen LogP contribution in [0.4, 0.5) is 5.69 Å². The first kappa shape index (κ1) is 52.4. The molecule has 13 nitrogen and oxygen atoms in total. The first-order chi connectivity index (χ1) is 23.8. The van der Waals surface area contributed by atoms with E-state index in [-0.39, 0.29) is 112 Å². The fourth-order valence-corrected chi connectivity index (χ4v) is 9.10. The van der Waals surface area contributed by atoms with E-state index in [1.807, 2.05) is 56.0 Å². The summed E-state index contributed by atoms with van der Waals surface area (Å²) in [4.78, 5) is 2.26. The Kier molecular flexibility index (Phi) is 21.0. The van der Waals surface area contributed by atoms with Crippen LogP contribution in [0.25, 0.3) is 5.57 Å². The van der Waals surface area contributed by atoms with E-state index in [4.69, 9.17) is 0 Å². The molecular formula is C34H42NNa3O12S4. The molecule has 54 heavy (non-hydrogen) atoms. The molecular weight excluding hydrogens is 812 g/mol. The van der Waals surface area contributed by atoms with Gasteiger partial charge in [0.2, 0.25) is 0 Å². The Balaban J connectivity index is 0.00000486. The smallest absolute Gasteiger partial charge is 0.748 e. The van der Waals surface area contributed by atoms with Gasteiger partial charge in [0.25, 0.3) is 10.1 Å². The van der Waals surface area contributed by atoms with Gasteiger partial charge in [0.15, 0.2) is 0 Å². The molecule has 4 rings (SSSR count). The number of allylic oxidation sites excluding steroid dienone is 6. The molecule has 1 heterocycles. The number of unbranched alkanes of at least 4 members (excludes halogenated alkanes) is 2. The van der Waals surface area contributed by atoms with E-state index in [1.54, 1.807) is 12.1 Å². The maximum atomic E-state index is 12.0. The summed E-state index contributed by atoms with van der Waals surface area (Å²) >= 11 is 0.779. The van der Waals surface area contributed by atoms with Crippen molar-refractivity contribution in [2.45, 2.75) is 93.3 Å². The molecule has 0 amide bonds. The zero-order valence-electron chi connectivity index (χ0n) is 31.8. The van der Waals surface area contributed by atoms with E-state index >= 15 is 0 Å². The van der Waals surface area contributed by atoms with Crippen molar-refractivity contribution in [3.63, 3.8) is 0 Å². The van der Waals surface area contributed by atoms with Gasteiger partial charge in [-0.15, -0.1) is 0 Å². The monoisotopic (exact) mass is 853 g/mol. The fourth-order valence-electron chi connectivity index (χ4n) is 7.08. The van der Waals surface area contributed by atoms with E-state index in [2.05, 4.69) is 16.3 Å². The summed E-state index contributed by atoms with van der Waals surface area (Å²) in [5, 5.41) is 14.0. The second kappa shape index (κ2) is 21.6. The fraction of sp³-hybridized carbons (Fsp3) is 0.471. The summed E-state index contributed by atoms with van der Waals surface area (Å²) in [7, 11) is -13.3. The number of nitrogens with zero attached hydrogens (tertiary/aromatic N) is 1. The van der Waals surface area contributed by atoms with Gasteiger partial charge in [-0.05, 0) is 116 Å². The molecule has 2 atom stereocenters. The zero-order valence-corrected chi connectivity index (χ0v) is 41.1. The van der Waals surface area contributed by atoms with Crippen molar-refractivity contribution >= 4 is 53.7 Å². The predicted octanol–water partition coefficient (Wildman–Crippen LogP) is -3.72. The largest absolute Gasteiger partial charge is 1.00 e. The van der Waals surface area contributed by atoms with Gasteiger partial charge >= 0.3 is 88.7 Å². The molecule has 2 aromatic rings. The van der Waals surface area contributed by atoms with Gasteiger partial charge in [0.05, 0.1) is 32.8 Å². The molecule has 20 heteroatoms. The number of anilines is 1. The molecule has 0 fully saturated rings. The minimum Gasteiger partial charge on any atom is -0.748 e. The third-order valence-electron chi connectivity index (χ3n) is 10.0. The number of hydrogen-bond donors (Lipinski definition) is 1. The molecule has 0 bridgehead atoms. The first-order valence-corrected chi connectivity index (χ1v) is 21.8. The minimum atomic E-state index is -4.75. The summed E-state index contributed by atoms with van der Waals surface area (Å²) < 4.78 is 106. The van der Waals surface area contributed by atoms with Crippen LogP contribution in [0.1, 0.15) is 89.3 Å². The molecule has 0 saturated carbocycles. The van der Waals surface area contributed by atoms with Crippen LogP contribution in [0, 0.1) is 0 Å². The van der Waals surface area contributed by atoms with Crippen molar-refractivity contribution in [1.82, 2.24) is 0 Å². The summed E-state index contributed by atoms with van der Waals surface area (Å²) in [5.41, 5.74) is 4.77. The summed E-state index contributed by atoms with van der Waals surface area (Å²) in [6.07, 6.45) is 8.75. The number of hydrogen-bond acceptors (Lipinski definition) is 13. The van der Waals surface area contributed by atoms with E-state index < -0.39 is 46.9 Å². The normalized spacial score (nSPS) is 20.4. The minimum absolute atomic E-state index is 0. The molecule has 1 aliphatic carbocycles. The maximum absolute atomic E-state index is 12.0. The van der Waals surface area contributed by atoms with Crippen molar-refractivity contribution < 1.29 is 142 Å². The van der Waals surface area contributed by atoms with E-state index in [0.29, 0.717) is 54.8 Å². The van der Waals surface area contributed by atoms with Crippen LogP contribution in [0.5, 0.6) is 0 Å². The quantitative estimate of drug-likeness (QED) is 0.0382. The Bertz CT molecular complexity index is 2060. The first-order valence-electron chi connectivity index (χ1n) is 16.5. The van der Waals surface area contributed by atoms with Gasteiger partial charge in [0.1, 0.15) is 10.1 Å². The molecule has 1 N–H and O–H groups in total. The standard InChI is InChI=1S/C34H45NO12S4.3Na/c1-5-33(3)28(26(12-7-9-20-49(37,38)39)27-17-15-24(22-29(27)33)48-47-46-36)13-11-14-32-34(4,6-2)30-23-25(51(43,44)45)16-18-31(30)35(32)19-8-10-21-50(40,41)42;;;/h11,13-18,22-23,36H,5-10,12,19-21H2,1-4H3,(H,37,38,39)(H,40,41,42)(H,43,44,45);;;/q;3*+1/p-3/b13-11?,32-14+;;;. The molecule has 282 valence electrons. The molecule has 0 aromatic heterocycles. The molecule has 2 aliphatic rings. The summed E-state index contributed by atoms with van der Waals surface area (Å²) in [6, 6.07) is 9.87. The van der Waals surface area contributed by atoms with Crippen LogP contribution in [-0.4, -0.2) is 57.0 Å². The number of benzene rings is 2. The van der Waals surface area contributed by atoms with E-state index in [0.717, 1.165) is 40.0 Å². The van der Waals surface area contributed by atoms with E-state index in [1.165, 1.54) is 12.1 Å². The number of fused-ring (bicyclic) bond motifs is 2. The summed E-state index contributed by atoms with van der Waals surface area (Å²) in [6.45, 7) is 8.35. The molecule has 2 aromatic carbocycles. The average Bonchev–Trinajstić information content (AvgIpc) is 3.43. The van der Waals surface area contributed by atoms with Gasteiger partial charge in [-0.1, -0.05) is 39.0 Å². The van der Waals surface area contributed by atoms with Crippen LogP contribution in [0.3, 0.4) is 0 Å². The van der Waals surface area contributed by atoms with Crippen molar-refractivity contribution in [3.05, 3.63) is 82.6 Å². The van der Waals surface area contributed by atoms with Gasteiger partial charge < -0.3 is 19.3 Å². The van der Waals surface area contributed by atoms with Crippen molar-refractivity contribution in [2.24, 2.45) is 0 Å². The van der Waals surface area contributed by atoms with Crippen molar-refractivity contribution in [2.75, 3.05) is 23.0 Å². The van der Waals surface area contributed by atoms with Gasteiger partial charge in [-0.2, -0.15) is 12.8 Å². The SMILES string of the molecule is CCC1(C)C(C=C/C=C2/N(CCCCS(=O)(=O)[O-])c3ccc(S(=O)(=O)[O-])cc3C2(C)CC)=C(CCCCS(=O)(=O)O)c2ccc(SOO[O-])cc21.[Na+].[Na+].[Na+]. The molecule has 0 saturated heterocycles. The third kappa shape index (κ3) is 12.7. The van der Waals surface area contributed by atoms with Gasteiger partial charge in [-0.25, -0.2) is 16.8 Å². The second-order valence-electron chi connectivity index (χ2n) is 13.1. The van der Waals surface area contributed by atoms with Crippen LogP contribution in [0.15, 0.2) is 75.7 Å². The van der Waals surface area contributed by atoms with Crippen LogP contribution in [0.2, 0.25) is 0 Å². The molecule has 0 radical (unpaired) electrons.